The third-order valence-electron chi connectivity index (χ3n) is 3.07. The van der Waals surface area contributed by atoms with Gasteiger partial charge in [-0.25, -0.2) is 0 Å². The number of benzene rings is 1. The van der Waals surface area contributed by atoms with Gasteiger partial charge in [-0.1, -0.05) is 6.07 Å². The Kier molecular flexibility index (Phi) is 4.40. The molecule has 0 unspecified atom stereocenters. The molecule has 94 valence electrons. The molecule has 0 heterocycles. The Morgan fingerprint density at radius 3 is 2.71 bits per heavy atom. The number of hydrogen-bond donors (Lipinski definition) is 1. The summed E-state index contributed by atoms with van der Waals surface area (Å²) in [5, 5.41) is 0. The predicted molar refractivity (Wildman–Crippen MR) is 72.5 cm³/mol. The van der Waals surface area contributed by atoms with Gasteiger partial charge < -0.3 is 10.6 Å². The first-order valence-corrected chi connectivity index (χ1v) is 5.69. The zero-order chi connectivity index (χ0) is 11.7. The second-order valence-corrected chi connectivity index (χ2v) is 4.70. The molecule has 0 saturated heterocycles. The molecule has 1 aromatic rings. The summed E-state index contributed by atoms with van der Waals surface area (Å²) in [5.74, 6) is 0.798. The van der Waals surface area contributed by atoms with Crippen molar-refractivity contribution >= 4 is 24.0 Å². The van der Waals surface area contributed by atoms with Crippen molar-refractivity contribution in [1.82, 2.24) is 4.90 Å². The molecule has 2 N–H and O–H groups in total. The average molecular weight is 255 g/mol. The summed E-state index contributed by atoms with van der Waals surface area (Å²) in [6.45, 7) is 2.81. The van der Waals surface area contributed by atoms with Crippen LogP contribution in [0.1, 0.15) is 28.8 Å². The first kappa shape index (κ1) is 13.8. The molecule has 0 bridgehead atoms. The Bertz CT molecular complexity index is 416. The van der Waals surface area contributed by atoms with E-state index < -0.39 is 0 Å². The van der Waals surface area contributed by atoms with Crippen molar-refractivity contribution < 1.29 is 4.79 Å². The highest BCUT2D eigenvalue weighted by Crippen LogP contribution is 2.29. The maximum absolute atomic E-state index is 12.2. The van der Waals surface area contributed by atoms with Crippen LogP contribution in [0.2, 0.25) is 0 Å². The molecular formula is C13H19ClN2O. The van der Waals surface area contributed by atoms with E-state index in [0.717, 1.165) is 23.6 Å². The van der Waals surface area contributed by atoms with Gasteiger partial charge in [0.1, 0.15) is 0 Å². The molecule has 0 atom stereocenters. The molecule has 1 saturated carbocycles. The molecule has 0 aliphatic heterocycles. The summed E-state index contributed by atoms with van der Waals surface area (Å²) in [6.07, 6.45) is 2.51. The number of nitrogens with two attached hydrogens (primary N) is 1. The van der Waals surface area contributed by atoms with Crippen LogP contribution < -0.4 is 5.73 Å². The zero-order valence-electron chi connectivity index (χ0n) is 10.3. The van der Waals surface area contributed by atoms with Crippen LogP contribution >= 0.6 is 12.4 Å². The zero-order valence-corrected chi connectivity index (χ0v) is 11.1. The van der Waals surface area contributed by atoms with Crippen LogP contribution in [0.4, 0.5) is 5.69 Å². The van der Waals surface area contributed by atoms with E-state index in [1.54, 1.807) is 11.0 Å². The van der Waals surface area contributed by atoms with Gasteiger partial charge in [-0.15, -0.1) is 12.4 Å². The summed E-state index contributed by atoms with van der Waals surface area (Å²) < 4.78 is 0. The summed E-state index contributed by atoms with van der Waals surface area (Å²) in [4.78, 5) is 14.0. The molecule has 0 radical (unpaired) electrons. The van der Waals surface area contributed by atoms with E-state index in [9.17, 15) is 4.79 Å². The number of hydrogen-bond acceptors (Lipinski definition) is 2. The lowest BCUT2D eigenvalue weighted by atomic mass is 10.1. The van der Waals surface area contributed by atoms with E-state index in [4.69, 9.17) is 5.73 Å². The number of carbonyl (C=O) groups is 1. The Balaban J connectivity index is 0.00000144. The summed E-state index contributed by atoms with van der Waals surface area (Å²) in [6, 6.07) is 5.49. The van der Waals surface area contributed by atoms with Crippen LogP contribution in [-0.2, 0) is 0 Å². The lowest BCUT2D eigenvalue weighted by molar-refractivity contribution is 0.0788. The minimum absolute atomic E-state index is 0. The lowest BCUT2D eigenvalue weighted by Crippen LogP contribution is -2.29. The molecule has 4 heteroatoms. The highest BCUT2D eigenvalue weighted by Gasteiger charge is 2.25. The third-order valence-corrected chi connectivity index (χ3v) is 3.07. The number of rotatable bonds is 3. The first-order valence-electron chi connectivity index (χ1n) is 5.69. The number of nitrogens with zero attached hydrogens (tertiary/aromatic N) is 1. The van der Waals surface area contributed by atoms with Gasteiger partial charge in [-0.3, -0.25) is 4.79 Å². The first-order chi connectivity index (χ1) is 7.58. The van der Waals surface area contributed by atoms with Crippen molar-refractivity contribution in [3.05, 3.63) is 29.3 Å². The molecule has 0 spiro atoms. The number of halogens is 1. The summed E-state index contributed by atoms with van der Waals surface area (Å²) in [7, 11) is 1.86. The molecule has 3 nitrogen and oxygen atoms in total. The average Bonchev–Trinajstić information content (AvgIpc) is 3.04. The standard InChI is InChI=1S/C13H18N2O.ClH/c1-9-3-6-11(14)7-12(9)13(16)15(2)8-10-4-5-10;/h3,6-7,10H,4-5,8,14H2,1-2H3;1H. The monoisotopic (exact) mass is 254 g/mol. The Morgan fingerprint density at radius 2 is 2.12 bits per heavy atom. The fourth-order valence-corrected chi connectivity index (χ4v) is 1.85. The topological polar surface area (TPSA) is 46.3 Å². The summed E-state index contributed by atoms with van der Waals surface area (Å²) in [5.41, 5.74) is 8.07. The Morgan fingerprint density at radius 1 is 1.47 bits per heavy atom. The van der Waals surface area contributed by atoms with Crippen LogP contribution in [0.3, 0.4) is 0 Å². The molecule has 1 aliphatic rings. The maximum Gasteiger partial charge on any atom is 0.253 e. The molecular weight excluding hydrogens is 236 g/mol. The quantitative estimate of drug-likeness (QED) is 0.843. The predicted octanol–water partition coefficient (Wildman–Crippen LogP) is 2.48. The van der Waals surface area contributed by atoms with E-state index in [1.165, 1.54) is 12.8 Å². The third kappa shape index (κ3) is 3.37. The van der Waals surface area contributed by atoms with E-state index in [0.29, 0.717) is 5.69 Å². The number of aryl methyl sites for hydroxylation is 1. The highest BCUT2D eigenvalue weighted by atomic mass is 35.5. The van der Waals surface area contributed by atoms with Crippen LogP contribution in [0.15, 0.2) is 18.2 Å². The molecule has 17 heavy (non-hydrogen) atoms. The van der Waals surface area contributed by atoms with Crippen molar-refractivity contribution in [1.29, 1.82) is 0 Å². The van der Waals surface area contributed by atoms with Gasteiger partial charge in [0, 0.05) is 24.8 Å². The normalized spacial score (nSPS) is 14.0. The molecule has 1 aliphatic carbocycles. The number of nitrogen functional groups attached to an aromatic ring is 1. The summed E-state index contributed by atoms with van der Waals surface area (Å²) >= 11 is 0. The number of carbonyl (C=O) groups excluding carboxylic acids is 1. The van der Waals surface area contributed by atoms with Gasteiger partial charge in [0.25, 0.3) is 5.91 Å². The lowest BCUT2D eigenvalue weighted by Gasteiger charge is -2.18. The molecule has 1 fully saturated rings. The van der Waals surface area contributed by atoms with Crippen LogP contribution in [0, 0.1) is 12.8 Å². The van der Waals surface area contributed by atoms with Gasteiger partial charge in [0.2, 0.25) is 0 Å². The largest absolute Gasteiger partial charge is 0.399 e. The van der Waals surface area contributed by atoms with Gasteiger partial charge >= 0.3 is 0 Å². The van der Waals surface area contributed by atoms with E-state index in [2.05, 4.69) is 0 Å². The minimum Gasteiger partial charge on any atom is -0.399 e. The molecule has 1 amide bonds. The van der Waals surface area contributed by atoms with Crippen molar-refractivity contribution in [2.45, 2.75) is 19.8 Å². The fourth-order valence-electron chi connectivity index (χ4n) is 1.85. The SMILES string of the molecule is Cc1ccc(N)cc1C(=O)N(C)CC1CC1.Cl. The second-order valence-electron chi connectivity index (χ2n) is 4.70. The molecule has 1 aromatic carbocycles. The fraction of sp³-hybridized carbons (Fsp3) is 0.462. The van der Waals surface area contributed by atoms with Crippen molar-refractivity contribution in [2.24, 2.45) is 5.92 Å². The van der Waals surface area contributed by atoms with Crippen molar-refractivity contribution in [2.75, 3.05) is 19.3 Å². The van der Waals surface area contributed by atoms with Crippen molar-refractivity contribution in [3.8, 4) is 0 Å². The minimum atomic E-state index is 0. The van der Waals surface area contributed by atoms with Gasteiger partial charge in [0.15, 0.2) is 0 Å². The van der Waals surface area contributed by atoms with Crippen molar-refractivity contribution in [3.63, 3.8) is 0 Å². The number of amides is 1. The van der Waals surface area contributed by atoms with Gasteiger partial charge in [-0.05, 0) is 43.4 Å². The molecule has 2 rings (SSSR count). The smallest absolute Gasteiger partial charge is 0.253 e. The Hall–Kier alpha value is -1.22. The van der Waals surface area contributed by atoms with E-state index >= 15 is 0 Å². The van der Waals surface area contributed by atoms with Gasteiger partial charge in [-0.2, -0.15) is 0 Å². The van der Waals surface area contributed by atoms with E-state index in [-0.39, 0.29) is 18.3 Å². The number of anilines is 1. The van der Waals surface area contributed by atoms with Crippen LogP contribution in [0.5, 0.6) is 0 Å². The maximum atomic E-state index is 12.2. The van der Waals surface area contributed by atoms with Crippen LogP contribution in [-0.4, -0.2) is 24.4 Å². The van der Waals surface area contributed by atoms with Crippen LogP contribution in [0.25, 0.3) is 0 Å². The highest BCUT2D eigenvalue weighted by molar-refractivity contribution is 5.96. The molecule has 0 aromatic heterocycles. The van der Waals surface area contributed by atoms with E-state index in [1.807, 2.05) is 26.1 Å². The second kappa shape index (κ2) is 5.41. The Labute approximate surface area is 108 Å². The van der Waals surface area contributed by atoms with Gasteiger partial charge in [0.05, 0.1) is 0 Å².